The van der Waals surface area contributed by atoms with Gasteiger partial charge in [0.05, 0.1) is 0 Å². The fourth-order valence-corrected chi connectivity index (χ4v) is 3.43. The Hall–Kier alpha value is -0.540. The number of nitrogens with one attached hydrogen (secondary N) is 1. The molecule has 1 heterocycles. The molecule has 1 aliphatic heterocycles. The average molecular weight is 253 g/mol. The molecule has 0 radical (unpaired) electrons. The first-order chi connectivity index (χ1) is 8.25. The average Bonchev–Trinajstić information content (AvgIpc) is 2.33. The van der Waals surface area contributed by atoms with Crippen molar-refractivity contribution in [3.05, 3.63) is 35.6 Å². The van der Waals surface area contributed by atoms with Crippen molar-refractivity contribution in [3.63, 3.8) is 0 Å². The molecule has 0 aromatic heterocycles. The van der Waals surface area contributed by atoms with E-state index in [9.17, 15) is 4.39 Å². The van der Waals surface area contributed by atoms with Gasteiger partial charge in [0.2, 0.25) is 0 Å². The van der Waals surface area contributed by atoms with E-state index in [0.29, 0.717) is 12.1 Å². The molecule has 1 unspecified atom stereocenters. The van der Waals surface area contributed by atoms with Crippen molar-refractivity contribution >= 4 is 11.8 Å². The Morgan fingerprint density at radius 1 is 1.35 bits per heavy atom. The maximum Gasteiger partial charge on any atom is 0.126 e. The monoisotopic (exact) mass is 253 g/mol. The first-order valence-electron chi connectivity index (χ1n) is 6.33. The van der Waals surface area contributed by atoms with E-state index in [1.54, 1.807) is 12.1 Å². The molecule has 1 aromatic carbocycles. The Balaban J connectivity index is 1.84. The number of hydrogen-bond donors (Lipinski definition) is 1. The van der Waals surface area contributed by atoms with E-state index >= 15 is 0 Å². The van der Waals surface area contributed by atoms with Crippen LogP contribution in [0.4, 0.5) is 4.39 Å². The van der Waals surface area contributed by atoms with Gasteiger partial charge >= 0.3 is 0 Å². The molecule has 0 saturated carbocycles. The molecule has 2 rings (SSSR count). The third kappa shape index (κ3) is 4.00. The zero-order chi connectivity index (χ0) is 12.1. The number of halogens is 1. The number of thioether (sulfide) groups is 1. The fraction of sp³-hybridized carbons (Fsp3) is 0.571. The van der Waals surface area contributed by atoms with Crippen molar-refractivity contribution in [1.82, 2.24) is 5.32 Å². The zero-order valence-corrected chi connectivity index (χ0v) is 11.1. The van der Waals surface area contributed by atoms with Gasteiger partial charge in [0.25, 0.3) is 0 Å². The molecule has 1 nitrogen and oxygen atoms in total. The minimum absolute atomic E-state index is 0.0830. The maximum atomic E-state index is 13.5. The SMILES string of the molecule is CC(Cc1ccccc1F)NC1CCSCC1. The van der Waals surface area contributed by atoms with Gasteiger partial charge in [0.1, 0.15) is 5.82 Å². The summed E-state index contributed by atoms with van der Waals surface area (Å²) in [6.45, 7) is 2.15. The van der Waals surface area contributed by atoms with Crippen LogP contribution in [0.15, 0.2) is 24.3 Å². The Labute approximate surface area is 107 Å². The van der Waals surface area contributed by atoms with Crippen LogP contribution in [0, 0.1) is 5.82 Å². The summed E-state index contributed by atoms with van der Waals surface area (Å²) in [4.78, 5) is 0. The molecule has 1 N–H and O–H groups in total. The highest BCUT2D eigenvalue weighted by molar-refractivity contribution is 7.99. The van der Waals surface area contributed by atoms with Gasteiger partial charge in [0.15, 0.2) is 0 Å². The number of rotatable bonds is 4. The summed E-state index contributed by atoms with van der Waals surface area (Å²) in [5.41, 5.74) is 0.817. The van der Waals surface area contributed by atoms with E-state index in [-0.39, 0.29) is 5.82 Å². The molecular weight excluding hydrogens is 233 g/mol. The van der Waals surface area contributed by atoms with Gasteiger partial charge in [-0.3, -0.25) is 0 Å². The van der Waals surface area contributed by atoms with Gasteiger partial charge in [-0.05, 0) is 49.3 Å². The number of hydrogen-bond acceptors (Lipinski definition) is 2. The Morgan fingerprint density at radius 3 is 2.76 bits per heavy atom. The summed E-state index contributed by atoms with van der Waals surface area (Å²) in [7, 11) is 0. The first kappa shape index (κ1) is 12.9. The molecule has 0 bridgehead atoms. The minimum atomic E-state index is -0.0830. The van der Waals surface area contributed by atoms with Gasteiger partial charge in [-0.25, -0.2) is 4.39 Å². The second-order valence-corrected chi connectivity index (χ2v) is 5.97. The van der Waals surface area contributed by atoms with Crippen LogP contribution in [-0.4, -0.2) is 23.6 Å². The predicted molar refractivity (Wildman–Crippen MR) is 73.0 cm³/mol. The van der Waals surface area contributed by atoms with Crippen LogP contribution in [0.25, 0.3) is 0 Å². The molecule has 0 spiro atoms. The normalized spacial score (nSPS) is 19.2. The van der Waals surface area contributed by atoms with Gasteiger partial charge in [-0.1, -0.05) is 18.2 Å². The van der Waals surface area contributed by atoms with Crippen molar-refractivity contribution in [2.75, 3.05) is 11.5 Å². The van der Waals surface area contributed by atoms with Crippen LogP contribution in [0.3, 0.4) is 0 Å². The van der Waals surface area contributed by atoms with E-state index in [2.05, 4.69) is 12.2 Å². The summed E-state index contributed by atoms with van der Waals surface area (Å²) < 4.78 is 13.5. The van der Waals surface area contributed by atoms with Gasteiger partial charge in [0, 0.05) is 12.1 Å². The van der Waals surface area contributed by atoms with Crippen molar-refractivity contribution in [2.24, 2.45) is 0 Å². The maximum absolute atomic E-state index is 13.5. The molecule has 1 fully saturated rings. The molecule has 0 aliphatic carbocycles. The van der Waals surface area contributed by atoms with E-state index in [1.807, 2.05) is 23.9 Å². The van der Waals surface area contributed by atoms with Crippen LogP contribution < -0.4 is 5.32 Å². The lowest BCUT2D eigenvalue weighted by molar-refractivity contribution is 0.417. The summed E-state index contributed by atoms with van der Waals surface area (Å²) >= 11 is 2.03. The van der Waals surface area contributed by atoms with Crippen molar-refractivity contribution < 1.29 is 4.39 Å². The fourth-order valence-electron chi connectivity index (χ4n) is 2.32. The third-order valence-corrected chi connectivity index (χ3v) is 4.27. The summed E-state index contributed by atoms with van der Waals surface area (Å²) in [5, 5.41) is 3.61. The summed E-state index contributed by atoms with van der Waals surface area (Å²) in [5.74, 6) is 2.43. The Kier molecular flexibility index (Phi) is 4.86. The molecule has 3 heteroatoms. The second-order valence-electron chi connectivity index (χ2n) is 4.75. The van der Waals surface area contributed by atoms with Crippen LogP contribution in [0.1, 0.15) is 25.3 Å². The van der Waals surface area contributed by atoms with Crippen molar-refractivity contribution in [1.29, 1.82) is 0 Å². The zero-order valence-electron chi connectivity index (χ0n) is 10.3. The van der Waals surface area contributed by atoms with Crippen molar-refractivity contribution in [3.8, 4) is 0 Å². The lowest BCUT2D eigenvalue weighted by Crippen LogP contribution is -2.40. The van der Waals surface area contributed by atoms with E-state index in [1.165, 1.54) is 24.3 Å². The molecule has 1 atom stereocenters. The highest BCUT2D eigenvalue weighted by Gasteiger charge is 2.16. The topological polar surface area (TPSA) is 12.0 Å². The van der Waals surface area contributed by atoms with Gasteiger partial charge < -0.3 is 5.32 Å². The summed E-state index contributed by atoms with van der Waals surface area (Å²) in [6.07, 6.45) is 3.26. The molecule has 1 aromatic rings. The highest BCUT2D eigenvalue weighted by Crippen LogP contribution is 2.18. The Bertz CT molecular complexity index is 350. The van der Waals surface area contributed by atoms with Crippen LogP contribution in [0.5, 0.6) is 0 Å². The predicted octanol–water partition coefficient (Wildman–Crippen LogP) is 3.24. The first-order valence-corrected chi connectivity index (χ1v) is 7.48. The largest absolute Gasteiger partial charge is 0.311 e. The highest BCUT2D eigenvalue weighted by atomic mass is 32.2. The van der Waals surface area contributed by atoms with Gasteiger partial charge in [-0.15, -0.1) is 0 Å². The lowest BCUT2D eigenvalue weighted by atomic mass is 10.0. The van der Waals surface area contributed by atoms with Crippen LogP contribution in [-0.2, 0) is 6.42 Å². The third-order valence-electron chi connectivity index (χ3n) is 3.23. The van der Waals surface area contributed by atoms with Crippen LogP contribution >= 0.6 is 11.8 Å². The Morgan fingerprint density at radius 2 is 2.06 bits per heavy atom. The standard InChI is InChI=1S/C14H20FNS/c1-11(16-13-6-8-17-9-7-13)10-12-4-2-3-5-14(12)15/h2-5,11,13,16H,6-10H2,1H3. The molecule has 17 heavy (non-hydrogen) atoms. The van der Waals surface area contributed by atoms with E-state index in [4.69, 9.17) is 0 Å². The second kappa shape index (κ2) is 6.41. The number of benzene rings is 1. The molecule has 94 valence electrons. The minimum Gasteiger partial charge on any atom is -0.311 e. The quantitative estimate of drug-likeness (QED) is 0.884. The molecular formula is C14H20FNS. The lowest BCUT2D eigenvalue weighted by Gasteiger charge is -2.26. The van der Waals surface area contributed by atoms with Crippen LogP contribution in [0.2, 0.25) is 0 Å². The summed E-state index contributed by atoms with van der Waals surface area (Å²) in [6, 6.07) is 8.04. The molecule has 0 amide bonds. The van der Waals surface area contributed by atoms with E-state index in [0.717, 1.165) is 12.0 Å². The van der Waals surface area contributed by atoms with E-state index < -0.39 is 0 Å². The molecule has 1 saturated heterocycles. The smallest absolute Gasteiger partial charge is 0.126 e. The van der Waals surface area contributed by atoms with Crippen molar-refractivity contribution in [2.45, 2.75) is 38.3 Å². The van der Waals surface area contributed by atoms with Gasteiger partial charge in [-0.2, -0.15) is 11.8 Å². The molecule has 1 aliphatic rings.